The molecule has 2 rings (SSSR count). The zero-order chi connectivity index (χ0) is 12.3. The SMILES string of the molecule is CC(Nc1ccnc(C#N)c1)c1nncn1C. The van der Waals surface area contributed by atoms with E-state index in [2.05, 4.69) is 20.5 Å². The molecule has 0 aliphatic heterocycles. The van der Waals surface area contributed by atoms with E-state index in [-0.39, 0.29) is 6.04 Å². The van der Waals surface area contributed by atoms with Crippen molar-refractivity contribution in [3.05, 3.63) is 36.2 Å². The quantitative estimate of drug-likeness (QED) is 0.855. The second-order valence-corrected chi connectivity index (χ2v) is 3.71. The Morgan fingerprint density at radius 2 is 2.35 bits per heavy atom. The summed E-state index contributed by atoms with van der Waals surface area (Å²) in [6.45, 7) is 1.98. The predicted molar refractivity (Wildman–Crippen MR) is 62.0 cm³/mol. The van der Waals surface area contributed by atoms with Gasteiger partial charge in [0.2, 0.25) is 0 Å². The Balaban J connectivity index is 2.16. The lowest BCUT2D eigenvalue weighted by atomic mass is 10.2. The molecule has 1 atom stereocenters. The van der Waals surface area contributed by atoms with Crippen LogP contribution >= 0.6 is 0 Å². The van der Waals surface area contributed by atoms with Crippen LogP contribution < -0.4 is 5.32 Å². The highest BCUT2D eigenvalue weighted by atomic mass is 15.3. The van der Waals surface area contributed by atoms with Gasteiger partial charge in [0.05, 0.1) is 6.04 Å². The van der Waals surface area contributed by atoms with E-state index >= 15 is 0 Å². The topological polar surface area (TPSA) is 79.4 Å². The molecule has 0 aromatic carbocycles. The number of hydrogen-bond donors (Lipinski definition) is 1. The Bertz CT molecular complexity index is 553. The van der Waals surface area contributed by atoms with E-state index < -0.39 is 0 Å². The highest BCUT2D eigenvalue weighted by Gasteiger charge is 2.11. The summed E-state index contributed by atoms with van der Waals surface area (Å²) in [6.07, 6.45) is 3.26. The minimum absolute atomic E-state index is 0.0106. The van der Waals surface area contributed by atoms with Gasteiger partial charge in [-0.25, -0.2) is 4.98 Å². The minimum atomic E-state index is 0.0106. The molecule has 0 aliphatic rings. The maximum Gasteiger partial charge on any atom is 0.154 e. The lowest BCUT2D eigenvalue weighted by Gasteiger charge is -2.14. The number of pyridine rings is 1. The fourth-order valence-electron chi connectivity index (χ4n) is 1.58. The van der Waals surface area contributed by atoms with Crippen molar-refractivity contribution in [1.29, 1.82) is 5.26 Å². The van der Waals surface area contributed by atoms with Gasteiger partial charge in [-0.3, -0.25) is 0 Å². The van der Waals surface area contributed by atoms with Crippen LogP contribution in [0.4, 0.5) is 5.69 Å². The van der Waals surface area contributed by atoms with Gasteiger partial charge in [-0.05, 0) is 19.1 Å². The molecule has 2 heterocycles. The molecule has 0 saturated heterocycles. The van der Waals surface area contributed by atoms with Crippen LogP contribution in [-0.4, -0.2) is 19.7 Å². The van der Waals surface area contributed by atoms with E-state index in [0.29, 0.717) is 5.69 Å². The van der Waals surface area contributed by atoms with Crippen molar-refractivity contribution in [2.75, 3.05) is 5.32 Å². The largest absolute Gasteiger partial charge is 0.375 e. The second-order valence-electron chi connectivity index (χ2n) is 3.71. The normalized spacial score (nSPS) is 11.8. The van der Waals surface area contributed by atoms with Crippen LogP contribution in [0.1, 0.15) is 24.5 Å². The van der Waals surface area contributed by atoms with Gasteiger partial charge in [0, 0.05) is 18.9 Å². The summed E-state index contributed by atoms with van der Waals surface area (Å²) < 4.78 is 1.85. The molecule has 0 bridgehead atoms. The highest BCUT2D eigenvalue weighted by Crippen LogP contribution is 2.16. The van der Waals surface area contributed by atoms with Crippen LogP contribution in [0, 0.1) is 11.3 Å². The molecule has 86 valence electrons. The lowest BCUT2D eigenvalue weighted by molar-refractivity contribution is 0.719. The van der Waals surface area contributed by atoms with Gasteiger partial charge >= 0.3 is 0 Å². The summed E-state index contributed by atoms with van der Waals surface area (Å²) in [5.41, 5.74) is 1.23. The van der Waals surface area contributed by atoms with Crippen LogP contribution in [-0.2, 0) is 7.05 Å². The monoisotopic (exact) mass is 228 g/mol. The number of aryl methyl sites for hydroxylation is 1. The molecule has 0 aliphatic carbocycles. The average Bonchev–Trinajstić information content (AvgIpc) is 2.76. The van der Waals surface area contributed by atoms with Crippen LogP contribution in [0.25, 0.3) is 0 Å². The first kappa shape index (κ1) is 11.1. The van der Waals surface area contributed by atoms with Gasteiger partial charge in [0.25, 0.3) is 0 Å². The van der Waals surface area contributed by atoms with Gasteiger partial charge in [-0.2, -0.15) is 5.26 Å². The van der Waals surface area contributed by atoms with E-state index in [1.54, 1.807) is 18.6 Å². The zero-order valence-corrected chi connectivity index (χ0v) is 9.62. The number of rotatable bonds is 3. The molecule has 17 heavy (non-hydrogen) atoms. The summed E-state index contributed by atoms with van der Waals surface area (Å²) in [7, 11) is 1.89. The standard InChI is InChI=1S/C11H12N6/c1-8(11-16-14-7-17(11)2)15-9-3-4-13-10(5-9)6-12/h3-5,7-8H,1-2H3,(H,13,15). The molecule has 1 unspecified atom stereocenters. The van der Waals surface area contributed by atoms with E-state index in [0.717, 1.165) is 11.5 Å². The van der Waals surface area contributed by atoms with E-state index in [4.69, 9.17) is 5.26 Å². The average molecular weight is 228 g/mol. The Morgan fingerprint density at radius 1 is 1.53 bits per heavy atom. The van der Waals surface area contributed by atoms with Gasteiger partial charge in [0.15, 0.2) is 5.82 Å². The minimum Gasteiger partial charge on any atom is -0.375 e. The Hall–Kier alpha value is -2.42. The third-order valence-electron chi connectivity index (χ3n) is 2.39. The van der Waals surface area contributed by atoms with Crippen LogP contribution in [0.15, 0.2) is 24.7 Å². The molecule has 2 aromatic rings. The Labute approximate surface area is 98.9 Å². The number of nitrogens with zero attached hydrogens (tertiary/aromatic N) is 5. The molecule has 0 amide bonds. The predicted octanol–water partition coefficient (Wildman–Crippen LogP) is 1.25. The Kier molecular flexibility index (Phi) is 3.01. The molecule has 6 nitrogen and oxygen atoms in total. The number of nitrogens with one attached hydrogen (secondary N) is 1. The first-order chi connectivity index (χ1) is 8.20. The number of nitriles is 1. The molecule has 0 fully saturated rings. The smallest absolute Gasteiger partial charge is 0.154 e. The van der Waals surface area contributed by atoms with Crippen molar-refractivity contribution in [2.45, 2.75) is 13.0 Å². The van der Waals surface area contributed by atoms with E-state index in [1.807, 2.05) is 30.7 Å². The lowest BCUT2D eigenvalue weighted by Crippen LogP contribution is -2.12. The zero-order valence-electron chi connectivity index (χ0n) is 9.62. The number of aromatic nitrogens is 4. The molecule has 1 N–H and O–H groups in total. The van der Waals surface area contributed by atoms with E-state index in [9.17, 15) is 0 Å². The second kappa shape index (κ2) is 4.61. The Morgan fingerprint density at radius 3 is 3.00 bits per heavy atom. The van der Waals surface area contributed by atoms with Crippen LogP contribution in [0.3, 0.4) is 0 Å². The molecule has 0 spiro atoms. The van der Waals surface area contributed by atoms with Crippen molar-refractivity contribution in [3.63, 3.8) is 0 Å². The number of anilines is 1. The van der Waals surface area contributed by atoms with Gasteiger partial charge in [-0.1, -0.05) is 0 Å². The van der Waals surface area contributed by atoms with Gasteiger partial charge in [-0.15, -0.1) is 10.2 Å². The summed E-state index contributed by atoms with van der Waals surface area (Å²) >= 11 is 0. The molecule has 6 heteroatoms. The molecule has 2 aromatic heterocycles. The summed E-state index contributed by atoms with van der Waals surface area (Å²) in [4.78, 5) is 3.91. The fourth-order valence-corrected chi connectivity index (χ4v) is 1.58. The van der Waals surface area contributed by atoms with Crippen LogP contribution in [0.2, 0.25) is 0 Å². The van der Waals surface area contributed by atoms with Crippen LogP contribution in [0.5, 0.6) is 0 Å². The first-order valence-corrected chi connectivity index (χ1v) is 5.17. The first-order valence-electron chi connectivity index (χ1n) is 5.17. The molecule has 0 saturated carbocycles. The molecule has 0 radical (unpaired) electrons. The highest BCUT2D eigenvalue weighted by molar-refractivity contribution is 5.46. The fraction of sp³-hybridized carbons (Fsp3) is 0.273. The number of hydrogen-bond acceptors (Lipinski definition) is 5. The molecular weight excluding hydrogens is 216 g/mol. The summed E-state index contributed by atoms with van der Waals surface area (Å²) in [5.74, 6) is 0.834. The maximum absolute atomic E-state index is 8.76. The van der Waals surface area contributed by atoms with E-state index in [1.165, 1.54) is 0 Å². The third-order valence-corrected chi connectivity index (χ3v) is 2.39. The van der Waals surface area contributed by atoms with Crippen molar-refractivity contribution < 1.29 is 0 Å². The van der Waals surface area contributed by atoms with Crippen molar-refractivity contribution in [2.24, 2.45) is 7.05 Å². The van der Waals surface area contributed by atoms with Crippen molar-refractivity contribution in [1.82, 2.24) is 19.7 Å². The van der Waals surface area contributed by atoms with Crippen molar-refractivity contribution in [3.8, 4) is 6.07 Å². The van der Waals surface area contributed by atoms with Gasteiger partial charge < -0.3 is 9.88 Å². The summed E-state index contributed by atoms with van der Waals surface area (Å²) in [6, 6.07) is 5.53. The maximum atomic E-state index is 8.76. The summed E-state index contributed by atoms with van der Waals surface area (Å²) in [5, 5.41) is 19.9. The van der Waals surface area contributed by atoms with Crippen molar-refractivity contribution >= 4 is 5.69 Å². The molecular formula is C11H12N6. The van der Waals surface area contributed by atoms with Gasteiger partial charge in [0.1, 0.15) is 18.1 Å². The third kappa shape index (κ3) is 2.39.